The van der Waals surface area contributed by atoms with Crippen LogP contribution in [0.15, 0.2) is 60.0 Å². The number of carbonyl (C=O) groups excluding carboxylic acids is 3. The van der Waals surface area contributed by atoms with Crippen molar-refractivity contribution in [3.05, 3.63) is 88.1 Å². The number of benzene rings is 2. The van der Waals surface area contributed by atoms with Gasteiger partial charge in [-0.2, -0.15) is 0 Å². The Morgan fingerprint density at radius 2 is 1.69 bits per heavy atom. The first kappa shape index (κ1) is 31.9. The molecule has 45 heavy (non-hydrogen) atoms. The molecule has 5 rings (SSSR count). The third kappa shape index (κ3) is 6.77. The highest BCUT2D eigenvalue weighted by Crippen LogP contribution is 2.43. The normalized spacial score (nSPS) is 12.3. The van der Waals surface area contributed by atoms with E-state index in [1.165, 1.54) is 7.11 Å². The molecule has 0 aliphatic carbocycles. The summed E-state index contributed by atoms with van der Waals surface area (Å²) < 4.78 is 11.3. The molecule has 0 fully saturated rings. The number of methoxy groups -OCH3 is 1. The lowest BCUT2D eigenvalue weighted by Crippen LogP contribution is -2.42. The number of aromatic nitrogens is 1. The van der Waals surface area contributed by atoms with Crippen LogP contribution in [0.25, 0.3) is 21.6 Å². The average molecular weight is 627 g/mol. The number of amides is 2. The first-order valence-corrected chi connectivity index (χ1v) is 15.9. The van der Waals surface area contributed by atoms with Crippen LogP contribution in [0.3, 0.4) is 0 Å². The summed E-state index contributed by atoms with van der Waals surface area (Å²) in [5, 5.41) is 8.05. The molecule has 0 radical (unpaired) electrons. The van der Waals surface area contributed by atoms with Crippen LogP contribution in [0.5, 0.6) is 5.75 Å². The lowest BCUT2D eigenvalue weighted by molar-refractivity contribution is 0.0594. The van der Waals surface area contributed by atoms with E-state index in [-0.39, 0.29) is 35.2 Å². The van der Waals surface area contributed by atoms with Gasteiger partial charge in [-0.15, -0.1) is 11.3 Å². The van der Waals surface area contributed by atoms with E-state index in [1.54, 1.807) is 47.7 Å². The summed E-state index contributed by atoms with van der Waals surface area (Å²) in [6.45, 7) is 9.02. The molecule has 0 bridgehead atoms. The molecular formula is C35H38N4O5S. The highest BCUT2D eigenvalue weighted by Gasteiger charge is 2.28. The number of nitrogens with zero attached hydrogens (tertiary/aromatic N) is 1. The molecule has 2 aromatic carbocycles. The fourth-order valence-corrected chi connectivity index (χ4v) is 6.61. The van der Waals surface area contributed by atoms with Crippen LogP contribution in [0, 0.1) is 11.8 Å². The number of anilines is 1. The number of ether oxygens (including phenoxy) is 2. The van der Waals surface area contributed by atoms with E-state index in [1.807, 2.05) is 45.2 Å². The highest BCUT2D eigenvalue weighted by molar-refractivity contribution is 7.13. The summed E-state index contributed by atoms with van der Waals surface area (Å²) in [7, 11) is 1.26. The maximum Gasteiger partial charge on any atom is 0.357 e. The van der Waals surface area contributed by atoms with Crippen LogP contribution in [0.2, 0.25) is 0 Å². The Labute approximate surface area is 267 Å². The minimum atomic E-state index is -0.732. The van der Waals surface area contributed by atoms with Gasteiger partial charge in [-0.1, -0.05) is 39.8 Å². The van der Waals surface area contributed by atoms with Crippen molar-refractivity contribution >= 4 is 34.8 Å². The van der Waals surface area contributed by atoms with Crippen molar-refractivity contribution < 1.29 is 23.9 Å². The van der Waals surface area contributed by atoms with Crippen LogP contribution < -0.4 is 21.1 Å². The van der Waals surface area contributed by atoms with E-state index in [9.17, 15) is 14.4 Å². The van der Waals surface area contributed by atoms with Crippen LogP contribution in [-0.2, 0) is 17.7 Å². The lowest BCUT2D eigenvalue weighted by atomic mass is 9.92. The molecule has 2 aromatic heterocycles. The number of esters is 1. The molecule has 2 amide bonds. The number of fused-ring (bicyclic) bond motifs is 3. The van der Waals surface area contributed by atoms with Gasteiger partial charge in [0.1, 0.15) is 11.4 Å². The Bertz CT molecular complexity index is 1720. The van der Waals surface area contributed by atoms with Crippen molar-refractivity contribution in [3.63, 3.8) is 0 Å². The molecule has 3 heterocycles. The Balaban J connectivity index is 1.64. The Morgan fingerprint density at radius 3 is 2.36 bits per heavy atom. The van der Waals surface area contributed by atoms with E-state index >= 15 is 0 Å². The van der Waals surface area contributed by atoms with E-state index in [4.69, 9.17) is 15.2 Å². The van der Waals surface area contributed by atoms with Gasteiger partial charge in [-0.25, -0.2) is 9.78 Å². The molecule has 4 N–H and O–H groups in total. The van der Waals surface area contributed by atoms with Gasteiger partial charge in [-0.05, 0) is 70.8 Å². The van der Waals surface area contributed by atoms with Gasteiger partial charge in [0.15, 0.2) is 5.69 Å². The molecule has 0 saturated carbocycles. The molecule has 0 unspecified atom stereocenters. The fraction of sp³-hybridized carbons (Fsp3) is 0.314. The summed E-state index contributed by atoms with van der Waals surface area (Å²) in [4.78, 5) is 46.0. The topological polar surface area (TPSA) is 133 Å². The molecule has 0 saturated heterocycles. The second-order valence-corrected chi connectivity index (χ2v) is 12.6. The number of carbonyl (C=O) groups is 3. The number of nitrogens with two attached hydrogens (primary N) is 1. The van der Waals surface area contributed by atoms with Crippen molar-refractivity contribution in [1.29, 1.82) is 0 Å². The molecule has 0 atom stereocenters. The largest absolute Gasteiger partial charge is 0.493 e. The SMILES string of the molecule is COC(=O)c1nc(C(=O)NC(C(C)C)C(C)C)ccc1-c1cc2c(cc1C(=O)Nc1ccc(CN)cc1)-c1sccc1CCO2. The first-order chi connectivity index (χ1) is 21.6. The zero-order valence-electron chi connectivity index (χ0n) is 26.1. The van der Waals surface area contributed by atoms with E-state index in [0.717, 1.165) is 28.0 Å². The summed E-state index contributed by atoms with van der Waals surface area (Å²) in [6, 6.07) is 16.0. The van der Waals surface area contributed by atoms with E-state index in [0.29, 0.717) is 41.3 Å². The summed E-state index contributed by atoms with van der Waals surface area (Å²) in [5.41, 5.74) is 10.3. The number of pyridine rings is 1. The van der Waals surface area contributed by atoms with Gasteiger partial charge in [0, 0.05) is 51.8 Å². The summed E-state index contributed by atoms with van der Waals surface area (Å²) in [5.74, 6) is -0.527. The predicted molar refractivity (Wildman–Crippen MR) is 177 cm³/mol. The van der Waals surface area contributed by atoms with Gasteiger partial charge in [-0.3, -0.25) is 9.59 Å². The maximum atomic E-state index is 14.0. The molecule has 9 nitrogen and oxygen atoms in total. The zero-order valence-corrected chi connectivity index (χ0v) is 26.9. The number of rotatable bonds is 9. The molecule has 0 spiro atoms. The number of hydrogen-bond donors (Lipinski definition) is 3. The third-order valence-electron chi connectivity index (χ3n) is 7.96. The smallest absolute Gasteiger partial charge is 0.357 e. The van der Waals surface area contributed by atoms with E-state index in [2.05, 4.69) is 21.7 Å². The monoisotopic (exact) mass is 626 g/mol. The first-order valence-electron chi connectivity index (χ1n) is 15.0. The molecule has 1 aliphatic heterocycles. The third-order valence-corrected chi connectivity index (χ3v) is 8.95. The van der Waals surface area contributed by atoms with Crippen molar-refractivity contribution in [2.75, 3.05) is 19.0 Å². The number of hydrogen-bond acceptors (Lipinski definition) is 8. The zero-order chi connectivity index (χ0) is 32.2. The van der Waals surface area contributed by atoms with Crippen LogP contribution in [-0.4, -0.2) is 42.5 Å². The minimum absolute atomic E-state index is 0.0747. The van der Waals surface area contributed by atoms with Gasteiger partial charge in [0.25, 0.3) is 11.8 Å². The lowest BCUT2D eigenvalue weighted by Gasteiger charge is -2.26. The van der Waals surface area contributed by atoms with Gasteiger partial charge in [0.05, 0.1) is 13.7 Å². The molecule has 234 valence electrons. The van der Waals surface area contributed by atoms with Gasteiger partial charge in [0.2, 0.25) is 0 Å². The number of thiophene rings is 1. The van der Waals surface area contributed by atoms with Crippen molar-refractivity contribution in [1.82, 2.24) is 10.3 Å². The quantitative estimate of drug-likeness (QED) is 0.185. The number of nitrogens with one attached hydrogen (secondary N) is 2. The fourth-order valence-electron chi connectivity index (χ4n) is 5.63. The van der Waals surface area contributed by atoms with Crippen molar-refractivity contribution in [2.24, 2.45) is 17.6 Å². The molecule has 10 heteroatoms. The highest BCUT2D eigenvalue weighted by atomic mass is 32.1. The minimum Gasteiger partial charge on any atom is -0.493 e. The van der Waals surface area contributed by atoms with Crippen LogP contribution >= 0.6 is 11.3 Å². The van der Waals surface area contributed by atoms with E-state index < -0.39 is 11.9 Å². The summed E-state index contributed by atoms with van der Waals surface area (Å²) >= 11 is 1.58. The molecule has 4 aromatic rings. The van der Waals surface area contributed by atoms with Crippen molar-refractivity contribution in [2.45, 2.75) is 46.7 Å². The Kier molecular flexibility index (Phi) is 9.65. The second-order valence-electron chi connectivity index (χ2n) is 11.7. The molecule has 1 aliphatic rings. The Morgan fingerprint density at radius 1 is 0.956 bits per heavy atom. The Hall–Kier alpha value is -4.54. The molecular weight excluding hydrogens is 588 g/mol. The van der Waals surface area contributed by atoms with Gasteiger partial charge >= 0.3 is 5.97 Å². The van der Waals surface area contributed by atoms with Gasteiger partial charge < -0.3 is 25.8 Å². The average Bonchev–Trinajstić information content (AvgIpc) is 3.43. The standard InChI is InChI=1S/C35H38N4O5S/c1-19(2)30(20(3)4)39-34(41)28-11-10-24(31(38-28)35(42)43-5)25-17-29-27(32-22(12-14-44-29)13-15-45-32)16-26(25)33(40)37-23-8-6-21(18-36)7-9-23/h6-11,13,15-17,19-20,30H,12,14,18,36H2,1-5H3,(H,37,40)(H,39,41). The second kappa shape index (κ2) is 13.6. The van der Waals surface area contributed by atoms with Crippen LogP contribution in [0.1, 0.15) is 70.2 Å². The maximum absolute atomic E-state index is 14.0. The predicted octanol–water partition coefficient (Wildman–Crippen LogP) is 6.32. The summed E-state index contributed by atoms with van der Waals surface area (Å²) in [6.07, 6.45) is 0.727. The van der Waals surface area contributed by atoms with Crippen LogP contribution in [0.4, 0.5) is 5.69 Å². The van der Waals surface area contributed by atoms with Crippen molar-refractivity contribution in [3.8, 4) is 27.3 Å².